The van der Waals surface area contributed by atoms with Gasteiger partial charge in [-0.1, -0.05) is 0 Å². The molecule has 0 aromatic heterocycles. The summed E-state index contributed by atoms with van der Waals surface area (Å²) in [4.78, 5) is 0. The van der Waals surface area contributed by atoms with Crippen molar-refractivity contribution in [3.8, 4) is 11.8 Å². The van der Waals surface area contributed by atoms with Crippen LogP contribution >= 0.6 is 0 Å². The van der Waals surface area contributed by atoms with Gasteiger partial charge in [0.15, 0.2) is 14.4 Å². The summed E-state index contributed by atoms with van der Waals surface area (Å²) in [6.07, 6.45) is -0.542. The molecule has 0 aliphatic rings. The molecule has 0 saturated heterocycles. The molecule has 1 aromatic carbocycles. The second kappa shape index (κ2) is 4.90. The topological polar surface area (TPSA) is 53.2 Å². The number of hydrogen-bond donors (Lipinski definition) is 1. The Labute approximate surface area is 104 Å². The largest absolute Gasteiger partial charge is 0.507 e. The van der Waals surface area contributed by atoms with E-state index < -0.39 is 14.4 Å². The van der Waals surface area contributed by atoms with E-state index in [0.717, 1.165) is 16.7 Å². The van der Waals surface area contributed by atoms with Gasteiger partial charge in [0.25, 0.3) is 0 Å². The van der Waals surface area contributed by atoms with E-state index in [-0.39, 0.29) is 0 Å². The molecule has 0 fully saturated rings. The molecule has 92 valence electrons. The first kappa shape index (κ1) is 13.8. The number of aryl methyl sites for hydroxylation is 2. The molecular weight excluding hydrogens is 230 g/mol. The van der Waals surface area contributed by atoms with E-state index in [2.05, 4.69) is 25.7 Å². The lowest BCUT2D eigenvalue weighted by Gasteiger charge is -2.22. The zero-order valence-corrected chi connectivity index (χ0v) is 12.0. The van der Waals surface area contributed by atoms with Crippen molar-refractivity contribution in [1.82, 2.24) is 0 Å². The van der Waals surface area contributed by atoms with Crippen LogP contribution in [0.3, 0.4) is 0 Å². The van der Waals surface area contributed by atoms with Crippen molar-refractivity contribution >= 4 is 8.32 Å². The predicted octanol–water partition coefficient (Wildman–Crippen LogP) is 3.43. The highest BCUT2D eigenvalue weighted by Gasteiger charge is 2.23. The Balaban J connectivity index is 3.10. The highest BCUT2D eigenvalue weighted by molar-refractivity contribution is 6.69. The molecule has 0 heterocycles. The zero-order valence-electron chi connectivity index (χ0n) is 11.0. The summed E-state index contributed by atoms with van der Waals surface area (Å²) in [5.41, 5.74) is 2.38. The van der Waals surface area contributed by atoms with Crippen molar-refractivity contribution < 1.29 is 9.53 Å². The second-order valence-corrected chi connectivity index (χ2v) is 9.70. The van der Waals surface area contributed by atoms with Gasteiger partial charge in [0, 0.05) is 0 Å². The van der Waals surface area contributed by atoms with Crippen molar-refractivity contribution in [3.63, 3.8) is 0 Å². The van der Waals surface area contributed by atoms with Crippen LogP contribution < -0.4 is 0 Å². The molecule has 0 aliphatic heterocycles. The second-order valence-electron chi connectivity index (χ2n) is 5.24. The van der Waals surface area contributed by atoms with E-state index in [0.29, 0.717) is 5.75 Å². The van der Waals surface area contributed by atoms with Gasteiger partial charge in [0.2, 0.25) is 0 Å². The van der Waals surface area contributed by atoms with Gasteiger partial charge < -0.3 is 9.53 Å². The molecule has 3 nitrogen and oxygen atoms in total. The zero-order chi connectivity index (χ0) is 13.2. The first-order valence-corrected chi connectivity index (χ1v) is 9.03. The minimum Gasteiger partial charge on any atom is -0.507 e. The summed E-state index contributed by atoms with van der Waals surface area (Å²) >= 11 is 0. The lowest BCUT2D eigenvalue weighted by molar-refractivity contribution is 0.255. The highest BCUT2D eigenvalue weighted by atomic mass is 28.4. The van der Waals surface area contributed by atoms with Crippen LogP contribution in [-0.4, -0.2) is 13.4 Å². The van der Waals surface area contributed by atoms with Gasteiger partial charge in [0.1, 0.15) is 5.75 Å². The number of aromatic hydroxyl groups is 1. The van der Waals surface area contributed by atoms with Gasteiger partial charge in [-0.3, -0.25) is 0 Å². The third-order valence-corrected chi connectivity index (χ3v) is 3.35. The number of nitriles is 1. The number of hydrogen-bond acceptors (Lipinski definition) is 3. The number of rotatable bonds is 3. The van der Waals surface area contributed by atoms with Crippen molar-refractivity contribution in [2.75, 3.05) is 0 Å². The van der Waals surface area contributed by atoms with Crippen LogP contribution in [0.15, 0.2) is 12.1 Å². The maximum atomic E-state index is 9.70. The quantitative estimate of drug-likeness (QED) is 0.835. The molecule has 0 radical (unpaired) electrons. The van der Waals surface area contributed by atoms with Crippen molar-refractivity contribution in [1.29, 1.82) is 5.26 Å². The maximum absolute atomic E-state index is 9.70. The summed E-state index contributed by atoms with van der Waals surface area (Å²) < 4.78 is 5.82. The van der Waals surface area contributed by atoms with Crippen LogP contribution in [0.4, 0.5) is 0 Å². The Kier molecular flexibility index (Phi) is 3.97. The predicted molar refractivity (Wildman–Crippen MR) is 70.4 cm³/mol. The van der Waals surface area contributed by atoms with Crippen LogP contribution in [0, 0.1) is 25.2 Å². The standard InChI is InChI=1S/C13H19NO2Si/c1-9-6-11(7-10(2)13(9)15)12(8-14)16-17(3,4)5/h6-7,12,15H,1-5H3. The minimum absolute atomic E-state index is 0.290. The molecule has 4 heteroatoms. The molecule has 0 saturated carbocycles. The van der Waals surface area contributed by atoms with Crippen molar-refractivity contribution in [2.45, 2.75) is 39.6 Å². The molecule has 1 N–H and O–H groups in total. The molecule has 1 rings (SSSR count). The van der Waals surface area contributed by atoms with Crippen LogP contribution in [0.2, 0.25) is 19.6 Å². The van der Waals surface area contributed by atoms with Gasteiger partial charge in [-0.15, -0.1) is 0 Å². The SMILES string of the molecule is Cc1cc(C(C#N)O[Si](C)(C)C)cc(C)c1O. The van der Waals surface area contributed by atoms with Crippen LogP contribution in [0.1, 0.15) is 22.8 Å². The number of phenols is 1. The molecule has 0 bridgehead atoms. The van der Waals surface area contributed by atoms with Crippen molar-refractivity contribution in [2.24, 2.45) is 0 Å². The third-order valence-electron chi connectivity index (χ3n) is 2.40. The molecule has 17 heavy (non-hydrogen) atoms. The van der Waals surface area contributed by atoms with E-state index in [1.807, 2.05) is 26.0 Å². The molecule has 1 aromatic rings. The highest BCUT2D eigenvalue weighted by Crippen LogP contribution is 2.29. The monoisotopic (exact) mass is 249 g/mol. The lowest BCUT2D eigenvalue weighted by Crippen LogP contribution is -2.27. The normalized spacial score (nSPS) is 13.2. The molecular formula is C13H19NO2Si. The lowest BCUT2D eigenvalue weighted by atomic mass is 10.0. The van der Waals surface area contributed by atoms with Gasteiger partial charge in [0.05, 0.1) is 6.07 Å². The van der Waals surface area contributed by atoms with Crippen LogP contribution in [0.5, 0.6) is 5.75 Å². The Morgan fingerprint density at radius 1 is 1.24 bits per heavy atom. The summed E-state index contributed by atoms with van der Waals surface area (Å²) in [5.74, 6) is 0.290. The van der Waals surface area contributed by atoms with Gasteiger partial charge in [-0.2, -0.15) is 5.26 Å². The third kappa shape index (κ3) is 3.58. The van der Waals surface area contributed by atoms with E-state index in [1.54, 1.807) is 0 Å². The Morgan fingerprint density at radius 2 is 1.71 bits per heavy atom. The van der Waals surface area contributed by atoms with Gasteiger partial charge in [-0.05, 0) is 62.3 Å². The number of benzene rings is 1. The maximum Gasteiger partial charge on any atom is 0.186 e. The van der Waals surface area contributed by atoms with E-state index in [4.69, 9.17) is 4.43 Å². The summed E-state index contributed by atoms with van der Waals surface area (Å²) in [6.45, 7) is 9.82. The van der Waals surface area contributed by atoms with E-state index >= 15 is 0 Å². The summed E-state index contributed by atoms with van der Waals surface area (Å²) in [6, 6.07) is 5.81. The first-order valence-electron chi connectivity index (χ1n) is 5.62. The molecule has 0 amide bonds. The Morgan fingerprint density at radius 3 is 2.06 bits per heavy atom. The van der Waals surface area contributed by atoms with Gasteiger partial charge >= 0.3 is 0 Å². The molecule has 1 unspecified atom stereocenters. The Bertz CT molecular complexity index is 434. The first-order chi connectivity index (χ1) is 7.74. The minimum atomic E-state index is -1.76. The van der Waals surface area contributed by atoms with E-state index in [1.165, 1.54) is 0 Å². The average Bonchev–Trinajstić information content (AvgIpc) is 2.20. The van der Waals surface area contributed by atoms with Gasteiger partial charge in [-0.25, -0.2) is 0 Å². The average molecular weight is 249 g/mol. The Hall–Kier alpha value is -1.31. The fraction of sp³-hybridized carbons (Fsp3) is 0.462. The number of nitrogens with zero attached hydrogens (tertiary/aromatic N) is 1. The fourth-order valence-electron chi connectivity index (χ4n) is 1.66. The fourth-order valence-corrected chi connectivity index (χ4v) is 2.56. The molecule has 0 aliphatic carbocycles. The van der Waals surface area contributed by atoms with Crippen molar-refractivity contribution in [3.05, 3.63) is 28.8 Å². The molecule has 0 spiro atoms. The summed E-state index contributed by atoms with van der Waals surface area (Å²) in [7, 11) is -1.76. The van der Waals surface area contributed by atoms with Crippen LogP contribution in [0.25, 0.3) is 0 Å². The molecule has 1 atom stereocenters. The number of phenolic OH excluding ortho intramolecular Hbond substituents is 1. The van der Waals surface area contributed by atoms with E-state index in [9.17, 15) is 10.4 Å². The van der Waals surface area contributed by atoms with Crippen LogP contribution in [-0.2, 0) is 4.43 Å². The smallest absolute Gasteiger partial charge is 0.186 e. The summed E-state index contributed by atoms with van der Waals surface area (Å²) in [5, 5.41) is 18.9.